The van der Waals surface area contributed by atoms with Crippen molar-refractivity contribution in [2.45, 2.75) is 42.2 Å². The zero-order chi connectivity index (χ0) is 57.8. The summed E-state index contributed by atoms with van der Waals surface area (Å²) in [4.78, 5) is 31.5. The molecule has 44 heteroatoms. The summed E-state index contributed by atoms with van der Waals surface area (Å²) < 4.78 is 219. The fourth-order valence-corrected chi connectivity index (χ4v) is 10.0. The molecule has 6 aromatic rings. The van der Waals surface area contributed by atoms with Gasteiger partial charge in [0.1, 0.15) is 60.7 Å². The van der Waals surface area contributed by atoms with E-state index in [9.17, 15) is 77.8 Å². The molecular weight excluding hydrogens is 1290 g/mol. The zero-order valence-corrected chi connectivity index (χ0v) is 62.1. The van der Waals surface area contributed by atoms with E-state index in [4.69, 9.17) is 10.5 Å². The topological polar surface area (TPSA) is 536 Å². The predicted molar refractivity (Wildman–Crippen MR) is 256 cm³/mol. The van der Waals surface area contributed by atoms with Crippen LogP contribution in [0.4, 0.5) is 34.6 Å². The number of nitriles is 2. The molecular formula is C40H32N14Na6O18S6. The van der Waals surface area contributed by atoms with E-state index in [-0.39, 0.29) is 227 Å². The van der Waals surface area contributed by atoms with Crippen molar-refractivity contribution in [1.29, 1.82) is 10.5 Å². The number of H-pyrrole nitrogens is 4. The third-order valence-corrected chi connectivity index (χ3v) is 15.3. The molecule has 0 radical (unpaired) electrons. The Kier molecular flexibility index (Phi) is 32.8. The molecule has 2 heterocycles. The largest absolute Gasteiger partial charge is 1.00 e. The third kappa shape index (κ3) is 23.0. The molecule has 0 saturated carbocycles. The first-order valence-electron chi connectivity index (χ1n) is 20.9. The minimum Gasteiger partial charge on any atom is -0.744 e. The molecule has 84 heavy (non-hydrogen) atoms. The second kappa shape index (κ2) is 33.6. The quantitative estimate of drug-likeness (QED) is 0.0353. The van der Waals surface area contributed by atoms with Gasteiger partial charge in [-0.05, 0) is 71.8 Å². The van der Waals surface area contributed by atoms with Crippen LogP contribution in [0.5, 0.6) is 0 Å². The molecule has 0 unspecified atom stereocenters. The maximum absolute atomic E-state index is 12.7. The number of hydrogen-bond acceptors (Lipinski definition) is 28. The summed E-state index contributed by atoms with van der Waals surface area (Å²) in [5, 5.41) is 18.3. The Morgan fingerprint density at radius 2 is 0.774 bits per heavy atom. The fraction of sp³-hybridized carbons (Fsp3) is 0.150. The van der Waals surface area contributed by atoms with Crippen LogP contribution in [0.25, 0.3) is 12.2 Å². The van der Waals surface area contributed by atoms with Crippen molar-refractivity contribution in [3.63, 3.8) is 0 Å². The summed E-state index contributed by atoms with van der Waals surface area (Å²) in [6.07, 6.45) is 1.73. The summed E-state index contributed by atoms with van der Waals surface area (Å²) in [6, 6.07) is 12.8. The molecule has 412 valence electrons. The molecule has 0 spiro atoms. The fourth-order valence-electron chi connectivity index (χ4n) is 6.49. The van der Waals surface area contributed by atoms with Crippen molar-refractivity contribution < 1.29 is 255 Å². The van der Waals surface area contributed by atoms with Crippen molar-refractivity contribution in [3.8, 4) is 12.1 Å². The van der Waals surface area contributed by atoms with Gasteiger partial charge in [-0.3, -0.25) is 19.9 Å². The van der Waals surface area contributed by atoms with Crippen LogP contribution in [0.1, 0.15) is 24.0 Å². The Balaban J connectivity index is 0.0000115. The van der Waals surface area contributed by atoms with E-state index in [0.29, 0.717) is 36.4 Å². The number of aromatic amines is 4. The smallest absolute Gasteiger partial charge is 0.744 e. The Morgan fingerprint density at radius 3 is 1.06 bits per heavy atom. The van der Waals surface area contributed by atoms with Crippen LogP contribution in [-0.2, 0) is 60.7 Å². The first-order valence-corrected chi connectivity index (χ1v) is 29.3. The van der Waals surface area contributed by atoms with E-state index >= 15 is 0 Å². The van der Waals surface area contributed by atoms with Crippen molar-refractivity contribution in [2.24, 2.45) is 20.0 Å². The van der Waals surface area contributed by atoms with Crippen LogP contribution in [0.15, 0.2) is 122 Å². The molecule has 0 atom stereocenters. The minimum atomic E-state index is -5.44. The molecule has 4 N–H and O–H groups in total. The number of benzene rings is 4. The van der Waals surface area contributed by atoms with E-state index in [0.717, 1.165) is 48.6 Å². The summed E-state index contributed by atoms with van der Waals surface area (Å²) >= 11 is 0. The third-order valence-electron chi connectivity index (χ3n) is 10.1. The number of rotatable bonds is 18. The van der Waals surface area contributed by atoms with Crippen LogP contribution >= 0.6 is 0 Å². The van der Waals surface area contributed by atoms with Crippen LogP contribution in [0, 0.1) is 22.7 Å². The molecule has 0 saturated heterocycles. The van der Waals surface area contributed by atoms with Gasteiger partial charge in [-0.15, -0.1) is 0 Å². The van der Waals surface area contributed by atoms with E-state index in [1.165, 1.54) is 23.9 Å². The predicted octanol–water partition coefficient (Wildman–Crippen LogP) is -19.0. The average Bonchev–Trinajstić information content (AvgIpc) is 3.32. The van der Waals surface area contributed by atoms with Crippen LogP contribution in [0.2, 0.25) is 0 Å². The van der Waals surface area contributed by atoms with Gasteiger partial charge in [0.2, 0.25) is 34.4 Å². The second-order valence-electron chi connectivity index (χ2n) is 15.6. The molecule has 32 nitrogen and oxygen atoms in total. The molecule has 0 fully saturated rings. The molecule has 0 aliphatic carbocycles. The van der Waals surface area contributed by atoms with Gasteiger partial charge in [0.05, 0.1) is 77.1 Å². The van der Waals surface area contributed by atoms with E-state index in [1.807, 2.05) is 12.1 Å². The Bertz CT molecular complexity index is 4290. The van der Waals surface area contributed by atoms with Crippen molar-refractivity contribution in [1.82, 2.24) is 29.9 Å². The first kappa shape index (κ1) is 81.9. The Hall–Kier alpha value is -2.12. The SMILES string of the molecule is CN(CCC#N)c1nc(=Nc2ccc(/C=C/c3ccc(N=c4nc(N(C)CCC#N)[nH]c(=Nc5cc(S(=O)(=O)[O-])ccc5S(=O)(=O)[O-])[nH]4)cc3S(=O)(=O)[O-])c(S(=O)(=O)[O-])c2)[nH]c(=Nc2cc(S(=O)(=O)[O-])ccc2S(=O)(=O)[O-])[nH]1.[Na+].[Na+].[Na+].[Na+].[Na+].[Na+]. The van der Waals surface area contributed by atoms with Gasteiger partial charge in [0.15, 0.2) is 0 Å². The molecule has 0 bridgehead atoms. The van der Waals surface area contributed by atoms with Gasteiger partial charge in [-0.2, -0.15) is 20.5 Å². The summed E-state index contributed by atoms with van der Waals surface area (Å²) in [5.74, 6) is -0.340. The number of aromatic nitrogens is 6. The number of anilines is 2. The molecule has 6 rings (SSSR count). The maximum Gasteiger partial charge on any atom is 1.00 e. The van der Waals surface area contributed by atoms with Gasteiger partial charge in [-0.25, -0.2) is 70.5 Å². The summed E-state index contributed by atoms with van der Waals surface area (Å²) in [5.41, 5.74) is -5.13. The van der Waals surface area contributed by atoms with Crippen LogP contribution in [0.3, 0.4) is 0 Å². The van der Waals surface area contributed by atoms with E-state index in [1.54, 1.807) is 0 Å². The Labute approximate surface area is 611 Å². The van der Waals surface area contributed by atoms with Crippen LogP contribution in [-0.4, -0.2) is 135 Å². The van der Waals surface area contributed by atoms with Gasteiger partial charge < -0.3 is 37.1 Å². The second-order valence-corrected chi connectivity index (χ2v) is 23.7. The number of hydrogen-bond donors (Lipinski definition) is 4. The van der Waals surface area contributed by atoms with Crippen molar-refractivity contribution >= 4 is 108 Å². The average molecular weight is 1330 g/mol. The normalized spacial score (nSPS) is 12.7. The minimum absolute atomic E-state index is 0. The number of nitrogens with one attached hydrogen (secondary N) is 4. The molecule has 0 aliphatic rings. The van der Waals surface area contributed by atoms with E-state index in [2.05, 4.69) is 49.9 Å². The molecule has 0 aliphatic heterocycles. The van der Waals surface area contributed by atoms with Crippen LogP contribution < -0.4 is 210 Å². The van der Waals surface area contributed by atoms with Gasteiger partial charge in [0, 0.05) is 27.2 Å². The van der Waals surface area contributed by atoms with Gasteiger partial charge in [0.25, 0.3) is 0 Å². The summed E-state index contributed by atoms with van der Waals surface area (Å²) in [6.45, 7) is -0.0171. The standard InChI is InChI=1S/C40H38N14O18S6.6Na/c1-53(17-3-15-41)39-49-35(47-37(51-39)45-29-21-27(73(55,56)57)11-13-31(29)75(61,62)63)43-25-9-7-23(33(19-25)77(67,68)69)5-6-24-8-10-26(20-34(24)78(70,71)72)44-36-48-38(52-40(50-36)54(2)18-4-16-42)46-30-22-28(74(58,59)60)12-14-32(30)76(64,65)66;;;;;;/h5-14,19-22H,3-4,17-18H2,1-2H3,(H,55,56,57)(H,58,59,60)(H,61,62,63)(H,64,65,66)(H,67,68,69)(H,70,71,72)(H2,43,45,47,49,51)(H2,44,46,48,50,52);;;;;;/q;6*+1/p-6/b6-5+;;;;;;. The molecule has 2 aromatic heterocycles. The molecule has 0 amide bonds. The van der Waals surface area contributed by atoms with Crippen molar-refractivity contribution in [3.05, 3.63) is 106 Å². The monoisotopic (exact) mass is 1330 g/mol. The number of nitrogens with zero attached hydrogens (tertiary/aromatic N) is 10. The van der Waals surface area contributed by atoms with E-state index < -0.39 is 135 Å². The molecule has 4 aromatic carbocycles. The first-order chi connectivity index (χ1) is 36.1. The maximum atomic E-state index is 12.7. The van der Waals surface area contributed by atoms with Crippen molar-refractivity contribution in [2.75, 3.05) is 37.0 Å². The summed E-state index contributed by atoms with van der Waals surface area (Å²) in [7, 11) is -29.2. The van der Waals surface area contributed by atoms with Gasteiger partial charge >= 0.3 is 177 Å². The zero-order valence-electron chi connectivity index (χ0n) is 45.2. The Morgan fingerprint density at radius 1 is 0.452 bits per heavy atom. The van der Waals surface area contributed by atoms with Gasteiger partial charge in [-0.1, -0.05) is 24.3 Å².